The highest BCUT2D eigenvalue weighted by Crippen LogP contribution is 2.42. The fraction of sp³-hybridized carbons (Fsp3) is 0.714. The predicted molar refractivity (Wildman–Crippen MR) is 131 cm³/mol. The molecule has 2 aliphatic heterocycles. The van der Waals surface area contributed by atoms with Crippen molar-refractivity contribution in [2.75, 3.05) is 43.9 Å². The monoisotopic (exact) mass is 515 g/mol. The van der Waals surface area contributed by atoms with Gasteiger partial charge in [0.05, 0.1) is 0 Å². The number of nitrogens with one attached hydrogen (secondary N) is 1. The first-order valence-corrected chi connectivity index (χ1v) is 11.6. The minimum absolute atomic E-state index is 0. The maximum atomic E-state index is 4.60. The summed E-state index contributed by atoms with van der Waals surface area (Å²) < 4.78 is 0.466. The molecule has 0 unspecified atom stereocenters. The number of nitrogens with zero attached hydrogens (tertiary/aromatic N) is 4. The molecule has 7 heteroatoms. The van der Waals surface area contributed by atoms with Gasteiger partial charge in [-0.1, -0.05) is 19.3 Å². The zero-order valence-corrected chi connectivity index (χ0v) is 20.2. The molecular formula is C21H34IN5S. The number of guanidine groups is 1. The lowest BCUT2D eigenvalue weighted by Crippen LogP contribution is -2.53. The lowest BCUT2D eigenvalue weighted by Gasteiger charge is -2.45. The molecule has 3 heterocycles. The molecular weight excluding hydrogens is 481 g/mol. The van der Waals surface area contributed by atoms with Crippen molar-refractivity contribution in [2.24, 2.45) is 4.99 Å². The molecule has 0 aromatic carbocycles. The van der Waals surface area contributed by atoms with Gasteiger partial charge in [-0.05, 0) is 43.4 Å². The van der Waals surface area contributed by atoms with Crippen LogP contribution in [0.2, 0.25) is 0 Å². The van der Waals surface area contributed by atoms with Gasteiger partial charge in [0.15, 0.2) is 5.96 Å². The quantitative estimate of drug-likeness (QED) is 0.373. The summed E-state index contributed by atoms with van der Waals surface area (Å²) in [6.45, 7) is 5.33. The molecule has 1 aromatic rings. The summed E-state index contributed by atoms with van der Waals surface area (Å²) in [5, 5.41) is 3.62. The minimum Gasteiger partial charge on any atom is -0.357 e. The van der Waals surface area contributed by atoms with Crippen molar-refractivity contribution < 1.29 is 0 Å². The standard InChI is InChI=1S/C21H33N5S.HI/c1-22-20(26-13-14-27-21(17-26)8-3-2-4-9-21)24-16-18-7-10-23-19(15-18)25-11-5-6-12-25;/h7,10,15H,2-6,8-9,11-14,16-17H2,1H3,(H,22,24);1H. The third kappa shape index (κ3) is 5.26. The summed E-state index contributed by atoms with van der Waals surface area (Å²) in [7, 11) is 1.92. The van der Waals surface area contributed by atoms with Crippen molar-refractivity contribution >= 4 is 47.5 Å². The van der Waals surface area contributed by atoms with Crippen molar-refractivity contribution in [3.05, 3.63) is 23.9 Å². The molecule has 1 aromatic heterocycles. The highest BCUT2D eigenvalue weighted by molar-refractivity contribution is 14.0. The summed E-state index contributed by atoms with van der Waals surface area (Å²) in [5.41, 5.74) is 1.28. The van der Waals surface area contributed by atoms with E-state index >= 15 is 0 Å². The number of halogens is 1. The molecule has 5 nitrogen and oxygen atoms in total. The second-order valence-corrected chi connectivity index (χ2v) is 9.69. The molecule has 1 aliphatic carbocycles. The van der Waals surface area contributed by atoms with Gasteiger partial charge < -0.3 is 15.1 Å². The van der Waals surface area contributed by atoms with Crippen LogP contribution in [-0.4, -0.2) is 59.6 Å². The van der Waals surface area contributed by atoms with Gasteiger partial charge in [-0.2, -0.15) is 11.8 Å². The highest BCUT2D eigenvalue weighted by atomic mass is 127. The van der Waals surface area contributed by atoms with Crippen LogP contribution in [0.3, 0.4) is 0 Å². The number of aromatic nitrogens is 1. The maximum Gasteiger partial charge on any atom is 0.193 e. The highest BCUT2D eigenvalue weighted by Gasteiger charge is 2.38. The van der Waals surface area contributed by atoms with Crippen molar-refractivity contribution in [2.45, 2.75) is 56.2 Å². The van der Waals surface area contributed by atoms with E-state index in [1.54, 1.807) is 0 Å². The summed E-state index contributed by atoms with van der Waals surface area (Å²) in [4.78, 5) is 14.1. The van der Waals surface area contributed by atoms with Crippen molar-refractivity contribution in [1.29, 1.82) is 0 Å². The molecule has 1 saturated carbocycles. The number of anilines is 1. The van der Waals surface area contributed by atoms with E-state index in [1.807, 2.05) is 13.2 Å². The zero-order valence-electron chi connectivity index (χ0n) is 17.0. The van der Waals surface area contributed by atoms with Crippen molar-refractivity contribution in [3.8, 4) is 0 Å². The van der Waals surface area contributed by atoms with Crippen LogP contribution in [0.5, 0.6) is 0 Å². The topological polar surface area (TPSA) is 43.8 Å². The molecule has 0 radical (unpaired) electrons. The number of rotatable bonds is 3. The largest absolute Gasteiger partial charge is 0.357 e. The van der Waals surface area contributed by atoms with E-state index in [4.69, 9.17) is 0 Å². The second kappa shape index (κ2) is 10.4. The number of pyridine rings is 1. The van der Waals surface area contributed by atoms with Crippen LogP contribution in [0.15, 0.2) is 23.3 Å². The molecule has 2 saturated heterocycles. The Kier molecular flexibility index (Phi) is 8.14. The third-order valence-electron chi connectivity index (χ3n) is 6.22. The normalized spacial score (nSPS) is 22.2. The fourth-order valence-electron chi connectivity index (χ4n) is 4.73. The number of aliphatic imine (C=N–C) groups is 1. The molecule has 0 bridgehead atoms. The SMILES string of the molecule is CN=C(NCc1ccnc(N2CCCC2)c1)N1CCSC2(CCCCC2)C1.I. The Balaban J connectivity index is 0.00000225. The Bertz CT molecular complexity index is 650. The van der Waals surface area contributed by atoms with E-state index in [1.165, 1.54) is 56.3 Å². The van der Waals surface area contributed by atoms with E-state index in [2.05, 4.69) is 49.0 Å². The van der Waals surface area contributed by atoms with E-state index in [0.717, 1.165) is 44.5 Å². The molecule has 1 N–H and O–H groups in total. The summed E-state index contributed by atoms with van der Waals surface area (Å²) in [6, 6.07) is 4.36. The number of hydrogen-bond acceptors (Lipinski definition) is 4. The molecule has 0 amide bonds. The van der Waals surface area contributed by atoms with Crippen LogP contribution in [-0.2, 0) is 6.54 Å². The van der Waals surface area contributed by atoms with Crippen LogP contribution < -0.4 is 10.2 Å². The van der Waals surface area contributed by atoms with Crippen LogP contribution in [0.4, 0.5) is 5.82 Å². The van der Waals surface area contributed by atoms with Gasteiger partial charge >= 0.3 is 0 Å². The Morgan fingerprint density at radius 1 is 1.18 bits per heavy atom. The van der Waals surface area contributed by atoms with E-state index in [9.17, 15) is 0 Å². The predicted octanol–water partition coefficient (Wildman–Crippen LogP) is 4.13. The van der Waals surface area contributed by atoms with E-state index < -0.39 is 0 Å². The fourth-order valence-corrected chi connectivity index (χ4v) is 6.30. The van der Waals surface area contributed by atoms with Gasteiger partial charge in [0, 0.05) is 56.5 Å². The molecule has 3 fully saturated rings. The third-order valence-corrected chi connectivity index (χ3v) is 7.75. The van der Waals surface area contributed by atoms with Gasteiger partial charge in [0.25, 0.3) is 0 Å². The zero-order chi connectivity index (χ0) is 18.5. The van der Waals surface area contributed by atoms with Crippen LogP contribution in [0.1, 0.15) is 50.5 Å². The Hall–Kier alpha value is -0.700. The lowest BCUT2D eigenvalue weighted by atomic mass is 9.87. The van der Waals surface area contributed by atoms with Crippen LogP contribution >= 0.6 is 35.7 Å². The summed E-state index contributed by atoms with van der Waals surface area (Å²) in [6.07, 6.45) is 11.4. The van der Waals surface area contributed by atoms with Crippen molar-refractivity contribution in [3.63, 3.8) is 0 Å². The van der Waals surface area contributed by atoms with Crippen LogP contribution in [0, 0.1) is 0 Å². The lowest BCUT2D eigenvalue weighted by molar-refractivity contribution is 0.293. The molecule has 1 spiro atoms. The van der Waals surface area contributed by atoms with Gasteiger partial charge in [0.2, 0.25) is 0 Å². The average molecular weight is 516 g/mol. The van der Waals surface area contributed by atoms with Crippen molar-refractivity contribution in [1.82, 2.24) is 15.2 Å². The summed E-state index contributed by atoms with van der Waals surface area (Å²) >= 11 is 2.21. The summed E-state index contributed by atoms with van der Waals surface area (Å²) in [5.74, 6) is 3.40. The van der Waals surface area contributed by atoms with Gasteiger partial charge in [-0.15, -0.1) is 24.0 Å². The Morgan fingerprint density at radius 2 is 1.96 bits per heavy atom. The van der Waals surface area contributed by atoms with Gasteiger partial charge in [-0.25, -0.2) is 4.98 Å². The maximum absolute atomic E-state index is 4.60. The van der Waals surface area contributed by atoms with E-state index in [-0.39, 0.29) is 24.0 Å². The second-order valence-electron chi connectivity index (χ2n) is 8.13. The van der Waals surface area contributed by atoms with E-state index in [0.29, 0.717) is 4.75 Å². The van der Waals surface area contributed by atoms with Gasteiger partial charge in [-0.3, -0.25) is 4.99 Å². The van der Waals surface area contributed by atoms with Gasteiger partial charge in [0.1, 0.15) is 5.82 Å². The molecule has 4 rings (SSSR count). The number of hydrogen-bond donors (Lipinski definition) is 1. The van der Waals surface area contributed by atoms with Crippen LogP contribution in [0.25, 0.3) is 0 Å². The first-order valence-electron chi connectivity index (χ1n) is 10.6. The molecule has 0 atom stereocenters. The Labute approximate surface area is 191 Å². The first-order chi connectivity index (χ1) is 13.3. The molecule has 3 aliphatic rings. The molecule has 28 heavy (non-hydrogen) atoms. The Morgan fingerprint density at radius 3 is 2.71 bits per heavy atom. The smallest absolute Gasteiger partial charge is 0.193 e. The molecule has 156 valence electrons. The number of thioether (sulfide) groups is 1. The average Bonchev–Trinajstić information content (AvgIpc) is 3.24. The minimum atomic E-state index is 0. The first kappa shape index (κ1) is 22.0.